The molecule has 2 aromatic heterocycles. The van der Waals surface area contributed by atoms with Gasteiger partial charge in [0.1, 0.15) is 44.6 Å². The Morgan fingerprint density at radius 3 is 0.486 bits per heavy atom. The van der Waals surface area contributed by atoms with Crippen molar-refractivity contribution in [2.45, 2.75) is 233 Å². The fourth-order valence-electron chi connectivity index (χ4n) is 20.9. The summed E-state index contributed by atoms with van der Waals surface area (Å²) >= 11 is 0. The van der Waals surface area contributed by atoms with Crippen molar-refractivity contribution in [3.05, 3.63) is 483 Å². The van der Waals surface area contributed by atoms with Gasteiger partial charge in [0.15, 0.2) is 44.7 Å². The number of benzene rings is 4. The molecule has 0 unspecified atom stereocenters. The molecule has 16 rings (SSSR count). The number of H-pyrrole nitrogens is 1. The molecule has 0 radical (unpaired) electrons. The van der Waals surface area contributed by atoms with Crippen molar-refractivity contribution < 1.29 is 4.98 Å². The van der Waals surface area contributed by atoms with Crippen LogP contribution in [0.25, 0.3) is 42.5 Å². The molecule has 0 amide bonds. The maximum absolute atomic E-state index is 5.35. The molecule has 0 saturated carbocycles. The summed E-state index contributed by atoms with van der Waals surface area (Å²) in [6.45, 7) is 56.2. The molecule has 6 aromatic rings. The van der Waals surface area contributed by atoms with E-state index in [1.165, 1.54) is 0 Å². The molecule has 1 N–H and O–H groups in total. The first-order valence-electron chi connectivity index (χ1n) is 49.6. The van der Waals surface area contributed by atoms with Gasteiger partial charge in [-0.1, -0.05) is 273 Å². The van der Waals surface area contributed by atoms with Gasteiger partial charge >= 0.3 is 46.1 Å². The Bertz CT molecular complexity index is 5660. The molecule has 0 atom stereocenters. The first kappa shape index (κ1) is 110. The number of nitrogens with one attached hydrogen (secondary N) is 1. The first-order chi connectivity index (χ1) is 67.3. The number of hydrogen-bond acceptors (Lipinski definition) is 1. The van der Waals surface area contributed by atoms with Gasteiger partial charge in [-0.3, -0.25) is 4.98 Å². The Morgan fingerprint density at radius 1 is 0.204 bits per heavy atom. The Kier molecular flexibility index (Phi) is 38.8. The quantitative estimate of drug-likeness (QED) is 0.0672. The van der Waals surface area contributed by atoms with Gasteiger partial charge in [0, 0.05) is 213 Å². The van der Waals surface area contributed by atoms with Gasteiger partial charge in [0.25, 0.3) is 0 Å². The Balaban J connectivity index is 0.000000239. The average molecular weight is 1950 g/mol. The summed E-state index contributed by atoms with van der Waals surface area (Å²) in [5, 5.41) is 42.8. The summed E-state index contributed by atoms with van der Waals surface area (Å²) in [6.07, 6.45) is 40.1. The molecule has 0 aliphatic carbocycles. The van der Waals surface area contributed by atoms with Crippen molar-refractivity contribution in [1.82, 2.24) is 4.98 Å². The average Bonchev–Trinajstić information content (AvgIpc) is 1.73. The minimum absolute atomic E-state index is 0. The molecule has 16 heteroatoms. The molecule has 0 saturated heterocycles. The predicted molar refractivity (Wildman–Crippen MR) is 609 cm³/mol. The van der Waals surface area contributed by atoms with Gasteiger partial charge < -0.3 is 42.5 Å². The molecule has 700 valence electrons. The van der Waals surface area contributed by atoms with Crippen molar-refractivity contribution in [2.24, 2.45) is 0 Å². The van der Waals surface area contributed by atoms with Crippen LogP contribution in [0.1, 0.15) is 188 Å². The van der Waals surface area contributed by atoms with E-state index in [1.54, 1.807) is 12.4 Å². The normalized spacial score (nSPS) is 19.7. The van der Waals surface area contributed by atoms with Crippen LogP contribution in [0.15, 0.2) is 370 Å². The first-order valence-corrected chi connectivity index (χ1v) is 58.5. The van der Waals surface area contributed by atoms with Gasteiger partial charge in [-0.05, 0) is 199 Å². The molecule has 0 spiro atoms. The van der Waals surface area contributed by atoms with Crippen molar-refractivity contribution in [3.63, 3.8) is 0 Å². The van der Waals surface area contributed by atoms with Crippen LogP contribution in [0.2, 0.25) is 66.5 Å². The fraction of sp³-hybridized carbons (Fsp3) is 0.286. The maximum atomic E-state index is 5.35. The minimum Gasteiger partial charge on any atom is -0.556 e. The van der Waals surface area contributed by atoms with Crippen LogP contribution >= 0.6 is 0 Å². The zero-order chi connectivity index (χ0) is 100. The fourth-order valence-corrected chi connectivity index (χ4v) is 41.7. The summed E-state index contributed by atoms with van der Waals surface area (Å²) in [5.41, 5.74) is 37.1. The van der Waals surface area contributed by atoms with Gasteiger partial charge in [-0.15, -0.1) is 0 Å². The standard InChI is InChI=1S/2C58H60N4Si2.2C5H5N.2Mg/c2*1-39(2)63(40(3)4,41(5)6)37-35-49-55-31-27-51(59-55)47(25-23-45-19-15-13-16-20-45)53-29-33-57(61-53)50(36-38-64(42(7)8,43(9)10)44(11)12)58-34-30-54(62-58)48(52-28-32-56(49)60-52)26-24-46-21-17-14-18-22-46;2*1-2-4-6-5-3-1;;/h2*13-22,27-34,39-44H,1-12H3;2*1-5H;;/q;;;;2*+2/p+1/b2*51-47-,54-48-,56-49-,57-50-;;;;. The van der Waals surface area contributed by atoms with Crippen molar-refractivity contribution >= 4 is 78.4 Å². The third-order valence-electron chi connectivity index (χ3n) is 27.9. The molecule has 142 heavy (non-hydrogen) atoms. The molecular formula is C126H131Mg2N10Si4+5. The molecular weight excluding hydrogens is 1810 g/mol. The topological polar surface area (TPSA) is 140 Å². The van der Waals surface area contributed by atoms with E-state index < -0.39 is 32.3 Å². The smallest absolute Gasteiger partial charge is 0.556 e. The van der Waals surface area contributed by atoms with Crippen LogP contribution in [-0.4, -0.2) is 83.4 Å². The summed E-state index contributed by atoms with van der Waals surface area (Å²) in [5.74, 6) is 42.8. The Morgan fingerprint density at radius 2 is 0.359 bits per heavy atom. The second kappa shape index (κ2) is 50.3. The van der Waals surface area contributed by atoms with Crippen LogP contribution < -0.4 is 4.98 Å². The van der Waals surface area contributed by atoms with Gasteiger partial charge in [0.05, 0.1) is 23.7 Å². The zero-order valence-electron chi connectivity index (χ0n) is 87.4. The van der Waals surface area contributed by atoms with Crippen LogP contribution in [0.4, 0.5) is 0 Å². The van der Waals surface area contributed by atoms with E-state index >= 15 is 0 Å². The van der Waals surface area contributed by atoms with Gasteiger partial charge in [-0.25, -0.2) is 4.98 Å². The van der Waals surface area contributed by atoms with E-state index in [-0.39, 0.29) is 46.1 Å². The monoisotopic (exact) mass is 1940 g/mol. The second-order valence-electron chi connectivity index (χ2n) is 39.9. The molecule has 0 fully saturated rings. The number of fused-ring (bicyclic) bond motifs is 16. The van der Waals surface area contributed by atoms with E-state index in [1.807, 2.05) is 219 Å². The predicted octanol–water partition coefficient (Wildman–Crippen LogP) is 31.7. The largest absolute Gasteiger partial charge is 2.00 e. The van der Waals surface area contributed by atoms with Crippen LogP contribution in [-0.2, 0) is 0 Å². The number of rotatable bonds is 12. The summed E-state index contributed by atoms with van der Waals surface area (Å²) in [6, 6.07) is 57.8. The summed E-state index contributed by atoms with van der Waals surface area (Å²) in [4.78, 5) is 6.68. The number of aromatic amines is 1. The number of aromatic nitrogens is 2. The molecule has 10 aliphatic heterocycles. The van der Waals surface area contributed by atoms with E-state index in [4.69, 9.17) is 42.5 Å². The SMILES string of the molecule is CC(C)[Si](C#C/C1=C2\C=C[C+]([N-]2)/C(C#Cc2ccccc2)=C2/C=C[C+]([N-]2)/C(C#C[Si](C(C)C)(C(C)C)C(C)C)=C2/C=C[C+]([N-]2)/C(C#Cc2ccccc2)=C2/C=C[C+]1[N-]2)(C(C)C)C(C)C.CC(C)[Si](C#C/C1=C2\C=C[C+]([N-]2)/C(C#Cc2ccccc2)=C2/C=C[C+]([N-]2)/C(C#C[Si](C(C)C)(C(C)C)C(C)C)=C2/C=C[C+]([N-]2)/C(C#Cc2ccccc2)=C2/C=C[C+]1[N-]2)(C(C)C)C(C)C.[Mg+2].[Mg+2].c1cc[nH+]cc1.c1ccncc1. The maximum Gasteiger partial charge on any atom is 2.00 e. The number of allylic oxidation sites excluding steroid dienone is 8. The van der Waals surface area contributed by atoms with E-state index in [0.717, 1.165) is 161 Å². The van der Waals surface area contributed by atoms with Crippen LogP contribution in [0.3, 0.4) is 0 Å². The van der Waals surface area contributed by atoms with Crippen molar-refractivity contribution in [3.8, 4) is 93.2 Å². The molecule has 16 bridgehead atoms. The summed E-state index contributed by atoms with van der Waals surface area (Å²) < 4.78 is 0. The Hall–Kier alpha value is -12.7. The van der Waals surface area contributed by atoms with Crippen molar-refractivity contribution in [1.29, 1.82) is 0 Å². The molecule has 10 aliphatic rings. The second-order valence-corrected chi connectivity index (χ2v) is 62.2. The number of nitrogens with zero attached hydrogens (tertiary/aromatic N) is 9. The van der Waals surface area contributed by atoms with Crippen molar-refractivity contribution in [2.75, 3.05) is 0 Å². The van der Waals surface area contributed by atoms with Gasteiger partial charge in [0.2, 0.25) is 0 Å². The van der Waals surface area contributed by atoms with E-state index in [2.05, 4.69) is 318 Å². The summed E-state index contributed by atoms with van der Waals surface area (Å²) in [7, 11) is -8.57. The third-order valence-corrected chi connectivity index (χ3v) is 53.1. The minimum atomic E-state index is -2.14. The molecule has 12 heterocycles. The van der Waals surface area contributed by atoms with Crippen LogP contribution in [0, 0.1) is 142 Å². The zero-order valence-corrected chi connectivity index (χ0v) is 94.3. The number of pyridine rings is 2. The van der Waals surface area contributed by atoms with E-state index in [9.17, 15) is 0 Å². The molecule has 4 aromatic carbocycles. The number of hydrogen-bond donors (Lipinski definition) is 0. The van der Waals surface area contributed by atoms with E-state index in [0.29, 0.717) is 66.5 Å². The molecule has 10 nitrogen and oxygen atoms in total. The van der Waals surface area contributed by atoms with Gasteiger partial charge in [-0.2, -0.15) is 0 Å². The Labute approximate surface area is 889 Å². The third kappa shape index (κ3) is 25.3. The van der Waals surface area contributed by atoms with Crippen LogP contribution in [0.5, 0.6) is 0 Å².